The number of thioether (sulfide) groups is 1. The molecule has 21 heavy (non-hydrogen) atoms. The lowest BCUT2D eigenvalue weighted by atomic mass is 10.2. The Labute approximate surface area is 127 Å². The lowest BCUT2D eigenvalue weighted by Gasteiger charge is -2.11. The quantitative estimate of drug-likeness (QED) is 0.668. The van der Waals surface area contributed by atoms with Gasteiger partial charge in [0.25, 0.3) is 10.0 Å². The number of aryl methyl sites for hydroxylation is 1. The summed E-state index contributed by atoms with van der Waals surface area (Å²) in [5.41, 5.74) is 6.37. The molecule has 0 heterocycles. The van der Waals surface area contributed by atoms with Crippen LogP contribution in [0, 0.1) is 12.7 Å². The van der Waals surface area contributed by atoms with Crippen LogP contribution in [-0.2, 0) is 10.0 Å². The first-order chi connectivity index (χ1) is 9.83. The van der Waals surface area contributed by atoms with Crippen molar-refractivity contribution in [1.29, 1.82) is 0 Å². The number of nitrogen functional groups attached to an aromatic ring is 1. The number of nitrogens with two attached hydrogens (primary N) is 1. The Hall–Kier alpha value is -1.73. The Morgan fingerprint density at radius 3 is 2.62 bits per heavy atom. The molecular formula is C14H15FN2O2S2. The number of hydrogen-bond acceptors (Lipinski definition) is 4. The summed E-state index contributed by atoms with van der Waals surface area (Å²) in [6, 6.07) is 9.37. The first-order valence-electron chi connectivity index (χ1n) is 6.06. The van der Waals surface area contributed by atoms with Crippen LogP contribution in [0.5, 0.6) is 0 Å². The molecule has 0 saturated heterocycles. The normalized spacial score (nSPS) is 11.4. The third-order valence-corrected chi connectivity index (χ3v) is 4.96. The number of halogens is 1. The molecule has 2 aromatic carbocycles. The van der Waals surface area contributed by atoms with Crippen molar-refractivity contribution in [2.45, 2.75) is 16.7 Å². The Morgan fingerprint density at radius 1 is 1.24 bits per heavy atom. The molecule has 2 aromatic rings. The molecule has 0 spiro atoms. The van der Waals surface area contributed by atoms with Crippen LogP contribution in [0.25, 0.3) is 0 Å². The molecular weight excluding hydrogens is 311 g/mol. The van der Waals surface area contributed by atoms with Gasteiger partial charge in [0.1, 0.15) is 10.7 Å². The standard InChI is InChI=1S/C14H15FN2O2S2/c1-9-6-10(16)7-13(14(9)15)21(18,19)17-11-4-3-5-12(8-11)20-2/h3-8,17H,16H2,1-2H3. The van der Waals surface area contributed by atoms with Gasteiger partial charge in [0.05, 0.1) is 0 Å². The first kappa shape index (κ1) is 15.7. The number of hydrogen-bond donors (Lipinski definition) is 2. The molecule has 3 N–H and O–H groups in total. The highest BCUT2D eigenvalue weighted by Crippen LogP contribution is 2.25. The molecule has 0 aliphatic rings. The monoisotopic (exact) mass is 326 g/mol. The van der Waals surface area contributed by atoms with Gasteiger partial charge in [-0.25, -0.2) is 12.8 Å². The third-order valence-electron chi connectivity index (χ3n) is 2.85. The van der Waals surface area contributed by atoms with E-state index in [-0.39, 0.29) is 11.3 Å². The van der Waals surface area contributed by atoms with Crippen molar-refractivity contribution >= 4 is 33.2 Å². The van der Waals surface area contributed by atoms with Gasteiger partial charge < -0.3 is 5.73 Å². The van der Waals surface area contributed by atoms with E-state index in [4.69, 9.17) is 5.73 Å². The van der Waals surface area contributed by atoms with E-state index in [1.54, 1.807) is 18.2 Å². The minimum absolute atomic E-state index is 0.188. The van der Waals surface area contributed by atoms with Crippen molar-refractivity contribution in [1.82, 2.24) is 0 Å². The van der Waals surface area contributed by atoms with Crippen LogP contribution in [0.3, 0.4) is 0 Å². The van der Waals surface area contributed by atoms with Gasteiger partial charge in [-0.05, 0) is 49.1 Å². The largest absolute Gasteiger partial charge is 0.399 e. The molecule has 0 atom stereocenters. The van der Waals surface area contributed by atoms with Crippen molar-refractivity contribution in [3.05, 3.63) is 47.8 Å². The maximum Gasteiger partial charge on any atom is 0.264 e. The van der Waals surface area contributed by atoms with Gasteiger partial charge in [0.2, 0.25) is 0 Å². The SMILES string of the molecule is CSc1cccc(NS(=O)(=O)c2cc(N)cc(C)c2F)c1. The summed E-state index contributed by atoms with van der Waals surface area (Å²) < 4.78 is 41.0. The van der Waals surface area contributed by atoms with Crippen molar-refractivity contribution in [2.24, 2.45) is 0 Å². The highest BCUT2D eigenvalue weighted by atomic mass is 32.2. The lowest BCUT2D eigenvalue weighted by Crippen LogP contribution is -2.15. The Balaban J connectivity index is 2.43. The number of rotatable bonds is 4. The van der Waals surface area contributed by atoms with Gasteiger partial charge in [0, 0.05) is 16.3 Å². The van der Waals surface area contributed by atoms with E-state index in [1.165, 1.54) is 24.8 Å². The second kappa shape index (κ2) is 5.95. The van der Waals surface area contributed by atoms with Crippen molar-refractivity contribution in [3.8, 4) is 0 Å². The van der Waals surface area contributed by atoms with Gasteiger partial charge in [-0.2, -0.15) is 0 Å². The summed E-state index contributed by atoms with van der Waals surface area (Å²) in [6.07, 6.45) is 1.88. The molecule has 112 valence electrons. The average molecular weight is 326 g/mol. The van der Waals surface area contributed by atoms with Crippen LogP contribution >= 0.6 is 11.8 Å². The van der Waals surface area contributed by atoms with Crippen LogP contribution in [-0.4, -0.2) is 14.7 Å². The molecule has 7 heteroatoms. The minimum Gasteiger partial charge on any atom is -0.399 e. The van der Waals surface area contributed by atoms with Crippen molar-refractivity contribution < 1.29 is 12.8 Å². The molecule has 0 amide bonds. The highest BCUT2D eigenvalue weighted by molar-refractivity contribution is 7.98. The van der Waals surface area contributed by atoms with E-state index in [1.807, 2.05) is 12.3 Å². The zero-order valence-electron chi connectivity index (χ0n) is 11.6. The predicted molar refractivity (Wildman–Crippen MR) is 84.6 cm³/mol. The van der Waals surface area contributed by atoms with Crippen LogP contribution in [0.4, 0.5) is 15.8 Å². The van der Waals surface area contributed by atoms with E-state index in [2.05, 4.69) is 4.72 Å². The van der Waals surface area contributed by atoms with Gasteiger partial charge in [-0.3, -0.25) is 4.72 Å². The molecule has 0 saturated carbocycles. The average Bonchev–Trinajstić information content (AvgIpc) is 2.42. The summed E-state index contributed by atoms with van der Waals surface area (Å²) in [5.74, 6) is -0.794. The van der Waals surface area contributed by atoms with Gasteiger partial charge in [0.15, 0.2) is 0 Å². The molecule has 0 fully saturated rings. The maximum atomic E-state index is 14.0. The number of sulfonamides is 1. The molecule has 0 aliphatic heterocycles. The minimum atomic E-state index is -4.03. The number of benzene rings is 2. The van der Waals surface area contributed by atoms with Gasteiger partial charge in [-0.15, -0.1) is 11.8 Å². The highest BCUT2D eigenvalue weighted by Gasteiger charge is 2.21. The molecule has 0 unspecified atom stereocenters. The summed E-state index contributed by atoms with van der Waals surface area (Å²) in [6.45, 7) is 1.47. The van der Waals surface area contributed by atoms with E-state index in [9.17, 15) is 12.8 Å². The summed E-state index contributed by atoms with van der Waals surface area (Å²) in [7, 11) is -4.03. The van der Waals surface area contributed by atoms with Gasteiger partial charge in [-0.1, -0.05) is 6.07 Å². The number of nitrogens with one attached hydrogen (secondary N) is 1. The summed E-state index contributed by atoms with van der Waals surface area (Å²) in [5, 5.41) is 0. The van der Waals surface area contributed by atoms with E-state index >= 15 is 0 Å². The summed E-state index contributed by atoms with van der Waals surface area (Å²) >= 11 is 1.48. The van der Waals surface area contributed by atoms with E-state index < -0.39 is 20.7 Å². The van der Waals surface area contributed by atoms with Crippen LogP contribution in [0.2, 0.25) is 0 Å². The predicted octanol–water partition coefficient (Wildman–Crippen LogP) is 3.24. The van der Waals surface area contributed by atoms with Crippen LogP contribution < -0.4 is 10.5 Å². The fraction of sp³-hybridized carbons (Fsp3) is 0.143. The second-order valence-corrected chi connectivity index (χ2v) is 7.02. The molecule has 0 aliphatic carbocycles. The fourth-order valence-electron chi connectivity index (χ4n) is 1.86. The van der Waals surface area contributed by atoms with Crippen molar-refractivity contribution in [2.75, 3.05) is 16.7 Å². The molecule has 2 rings (SSSR count). The zero-order valence-corrected chi connectivity index (χ0v) is 13.2. The molecule has 0 aromatic heterocycles. The van der Waals surface area contributed by atoms with E-state index in [0.717, 1.165) is 11.0 Å². The number of anilines is 2. The molecule has 4 nitrogen and oxygen atoms in total. The first-order valence-corrected chi connectivity index (χ1v) is 8.77. The Kier molecular flexibility index (Phi) is 4.43. The fourth-order valence-corrected chi connectivity index (χ4v) is 3.55. The van der Waals surface area contributed by atoms with E-state index in [0.29, 0.717) is 5.69 Å². The topological polar surface area (TPSA) is 72.2 Å². The molecule has 0 radical (unpaired) electrons. The maximum absolute atomic E-state index is 14.0. The Morgan fingerprint density at radius 2 is 1.95 bits per heavy atom. The van der Waals surface area contributed by atoms with Gasteiger partial charge >= 0.3 is 0 Å². The molecule has 0 bridgehead atoms. The third kappa shape index (κ3) is 3.48. The Bertz CT molecular complexity index is 777. The summed E-state index contributed by atoms with van der Waals surface area (Å²) in [4.78, 5) is 0.453. The van der Waals surface area contributed by atoms with Crippen LogP contribution in [0.15, 0.2) is 46.2 Å². The zero-order chi connectivity index (χ0) is 15.6. The lowest BCUT2D eigenvalue weighted by molar-refractivity contribution is 0.565. The smallest absolute Gasteiger partial charge is 0.264 e. The second-order valence-electron chi connectivity index (χ2n) is 4.49. The van der Waals surface area contributed by atoms with Crippen molar-refractivity contribution in [3.63, 3.8) is 0 Å². The van der Waals surface area contributed by atoms with Crippen LogP contribution in [0.1, 0.15) is 5.56 Å².